The second-order valence-corrected chi connectivity index (χ2v) is 13.7. The quantitative estimate of drug-likeness (QED) is 0.279. The largest absolute Gasteiger partial charge is 0.352 e. The van der Waals surface area contributed by atoms with Crippen LogP contribution in [-0.4, -0.2) is 50.0 Å². The zero-order valence-electron chi connectivity index (χ0n) is 23.2. The Kier molecular flexibility index (Phi) is 10.5. The monoisotopic (exact) mass is 659 g/mol. The molecular formula is C31H35BrClN3O4S. The fraction of sp³-hybridized carbons (Fsp3) is 0.355. The smallest absolute Gasteiger partial charge is 0.244 e. The lowest BCUT2D eigenvalue weighted by Crippen LogP contribution is -2.54. The molecule has 3 aromatic carbocycles. The molecule has 7 nitrogen and oxygen atoms in total. The Morgan fingerprint density at radius 3 is 2.27 bits per heavy atom. The van der Waals surface area contributed by atoms with E-state index in [1.807, 2.05) is 49.4 Å². The molecule has 0 radical (unpaired) electrons. The minimum atomic E-state index is -3.83. The van der Waals surface area contributed by atoms with E-state index < -0.39 is 28.5 Å². The number of sulfonamides is 1. The molecule has 0 aromatic heterocycles. The van der Waals surface area contributed by atoms with Gasteiger partial charge in [-0.05, 0) is 66.8 Å². The van der Waals surface area contributed by atoms with E-state index in [9.17, 15) is 18.0 Å². The van der Waals surface area contributed by atoms with Crippen molar-refractivity contribution < 1.29 is 18.0 Å². The Balaban J connectivity index is 1.72. The number of hydrogen-bond acceptors (Lipinski definition) is 4. The summed E-state index contributed by atoms with van der Waals surface area (Å²) in [7, 11) is -3.83. The van der Waals surface area contributed by atoms with Crippen LogP contribution in [0.25, 0.3) is 0 Å². The number of rotatable bonds is 11. The molecule has 1 unspecified atom stereocenters. The maximum absolute atomic E-state index is 14.2. The fourth-order valence-corrected chi connectivity index (χ4v) is 6.32. The van der Waals surface area contributed by atoms with Crippen LogP contribution in [0.15, 0.2) is 77.3 Å². The van der Waals surface area contributed by atoms with E-state index >= 15 is 0 Å². The highest BCUT2D eigenvalue weighted by molar-refractivity contribution is 9.10. The van der Waals surface area contributed by atoms with Crippen molar-refractivity contribution in [3.05, 3.63) is 99.0 Å². The molecule has 0 spiro atoms. The molecule has 1 N–H and O–H groups in total. The minimum Gasteiger partial charge on any atom is -0.352 e. The van der Waals surface area contributed by atoms with E-state index in [4.69, 9.17) is 11.6 Å². The first-order valence-electron chi connectivity index (χ1n) is 13.6. The average Bonchev–Trinajstić information content (AvgIpc) is 3.45. The maximum atomic E-state index is 14.2. The molecule has 41 heavy (non-hydrogen) atoms. The van der Waals surface area contributed by atoms with Crippen molar-refractivity contribution >= 4 is 55.1 Å². The third-order valence-corrected chi connectivity index (χ3v) is 9.63. The van der Waals surface area contributed by atoms with Crippen molar-refractivity contribution in [3.8, 4) is 0 Å². The van der Waals surface area contributed by atoms with Crippen LogP contribution in [0.5, 0.6) is 0 Å². The van der Waals surface area contributed by atoms with Gasteiger partial charge in [0.05, 0.1) is 11.9 Å². The third kappa shape index (κ3) is 8.56. The lowest BCUT2D eigenvalue weighted by atomic mass is 10.0. The van der Waals surface area contributed by atoms with Gasteiger partial charge in [0.25, 0.3) is 0 Å². The van der Waals surface area contributed by atoms with Crippen molar-refractivity contribution in [2.45, 2.75) is 57.7 Å². The Bertz CT molecular complexity index is 1460. The van der Waals surface area contributed by atoms with Gasteiger partial charge in [-0.3, -0.25) is 13.9 Å². The number of nitrogens with one attached hydrogen (secondary N) is 1. The van der Waals surface area contributed by atoms with E-state index in [1.165, 1.54) is 4.90 Å². The number of carbonyl (C=O) groups excluding carboxylic acids is 2. The first-order chi connectivity index (χ1) is 19.5. The van der Waals surface area contributed by atoms with Crippen molar-refractivity contribution in [1.82, 2.24) is 10.2 Å². The lowest BCUT2D eigenvalue weighted by molar-refractivity contribution is -0.140. The van der Waals surface area contributed by atoms with Crippen LogP contribution in [0.4, 0.5) is 5.69 Å². The van der Waals surface area contributed by atoms with Crippen LogP contribution in [0.3, 0.4) is 0 Å². The first kappa shape index (κ1) is 31.1. The van der Waals surface area contributed by atoms with E-state index in [-0.39, 0.29) is 24.9 Å². The molecule has 218 valence electrons. The topological polar surface area (TPSA) is 86.8 Å². The Hall–Kier alpha value is -2.88. The number of nitrogens with zero attached hydrogens (tertiary/aromatic N) is 2. The number of aryl methyl sites for hydroxylation is 1. The Morgan fingerprint density at radius 2 is 1.66 bits per heavy atom. The number of hydrogen-bond donors (Lipinski definition) is 1. The molecule has 1 atom stereocenters. The molecule has 2 amide bonds. The second-order valence-electron chi connectivity index (χ2n) is 10.5. The first-order valence-corrected chi connectivity index (χ1v) is 16.7. The molecule has 1 saturated carbocycles. The summed E-state index contributed by atoms with van der Waals surface area (Å²) in [6, 6.07) is 21.0. The molecule has 0 bridgehead atoms. The minimum absolute atomic E-state index is 0.0616. The zero-order chi connectivity index (χ0) is 29.6. The molecule has 1 aliphatic carbocycles. The van der Waals surface area contributed by atoms with E-state index in [1.54, 1.807) is 30.3 Å². The van der Waals surface area contributed by atoms with Crippen molar-refractivity contribution in [2.75, 3.05) is 17.1 Å². The highest BCUT2D eigenvalue weighted by Gasteiger charge is 2.34. The van der Waals surface area contributed by atoms with E-state index in [2.05, 4.69) is 21.2 Å². The summed E-state index contributed by atoms with van der Waals surface area (Å²) in [6.45, 7) is 1.52. The fourth-order valence-electron chi connectivity index (χ4n) is 5.11. The van der Waals surface area contributed by atoms with Crippen LogP contribution in [0.2, 0.25) is 5.02 Å². The molecule has 3 aromatic rings. The summed E-state index contributed by atoms with van der Waals surface area (Å²) < 4.78 is 27.8. The van der Waals surface area contributed by atoms with Crippen LogP contribution >= 0.6 is 27.5 Å². The van der Waals surface area contributed by atoms with Crippen LogP contribution in [0, 0.1) is 6.92 Å². The molecule has 4 rings (SSSR count). The van der Waals surface area contributed by atoms with Crippen LogP contribution in [0.1, 0.15) is 42.4 Å². The highest BCUT2D eigenvalue weighted by atomic mass is 79.9. The number of amides is 2. The summed E-state index contributed by atoms with van der Waals surface area (Å²) in [6.07, 6.45) is 5.28. The normalized spacial score (nSPS) is 14.4. The van der Waals surface area contributed by atoms with Gasteiger partial charge < -0.3 is 10.2 Å². The molecule has 10 heteroatoms. The van der Waals surface area contributed by atoms with Crippen molar-refractivity contribution in [1.29, 1.82) is 0 Å². The number of carbonyl (C=O) groups is 2. The predicted molar refractivity (Wildman–Crippen MR) is 167 cm³/mol. The predicted octanol–water partition coefficient (Wildman–Crippen LogP) is 5.88. The van der Waals surface area contributed by atoms with Gasteiger partial charge in [0.1, 0.15) is 12.6 Å². The summed E-state index contributed by atoms with van der Waals surface area (Å²) in [5, 5.41) is 3.72. The highest BCUT2D eigenvalue weighted by Crippen LogP contribution is 2.26. The number of benzene rings is 3. The number of anilines is 1. The maximum Gasteiger partial charge on any atom is 0.244 e. The SMILES string of the molecule is Cc1cc(N(CC(=O)N(Cc2ccc(Cl)cc2)C(Cc2ccccc2)C(=O)NC2CCCC2)S(C)(=O)=O)ccc1Br. The Morgan fingerprint density at radius 1 is 1.00 bits per heavy atom. The molecule has 0 saturated heterocycles. The van der Waals surface area contributed by atoms with Gasteiger partial charge >= 0.3 is 0 Å². The average molecular weight is 661 g/mol. The van der Waals surface area contributed by atoms with Crippen molar-refractivity contribution in [3.63, 3.8) is 0 Å². The standard InChI is InChI=1S/C31H35BrClN3O4S/c1-22-18-27(16-17-28(22)32)36(41(2,39)40)21-30(37)35(20-24-12-14-25(33)15-13-24)29(19-23-8-4-3-5-9-23)31(38)34-26-10-6-7-11-26/h3-5,8-9,12-18,26,29H,6-7,10-11,19-21H2,1-2H3,(H,34,38). The van der Waals surface area contributed by atoms with Gasteiger partial charge in [-0.25, -0.2) is 8.42 Å². The molecule has 1 fully saturated rings. The third-order valence-electron chi connectivity index (χ3n) is 7.35. The van der Waals surface area contributed by atoms with E-state index in [0.29, 0.717) is 10.7 Å². The van der Waals surface area contributed by atoms with Gasteiger partial charge in [0.2, 0.25) is 21.8 Å². The lowest BCUT2D eigenvalue weighted by Gasteiger charge is -2.34. The molecular weight excluding hydrogens is 626 g/mol. The molecule has 0 heterocycles. The van der Waals surface area contributed by atoms with Crippen LogP contribution in [-0.2, 0) is 32.6 Å². The Labute approximate surface area is 256 Å². The van der Waals surface area contributed by atoms with Gasteiger partial charge in [-0.15, -0.1) is 0 Å². The van der Waals surface area contributed by atoms with Gasteiger partial charge in [0.15, 0.2) is 0 Å². The summed E-state index contributed by atoms with van der Waals surface area (Å²) in [5.41, 5.74) is 2.89. The van der Waals surface area contributed by atoms with Gasteiger partial charge in [-0.2, -0.15) is 0 Å². The summed E-state index contributed by atoms with van der Waals surface area (Å²) >= 11 is 9.57. The summed E-state index contributed by atoms with van der Waals surface area (Å²) in [5.74, 6) is -0.720. The van der Waals surface area contributed by atoms with Crippen molar-refractivity contribution in [2.24, 2.45) is 0 Å². The molecule has 0 aliphatic heterocycles. The molecule has 1 aliphatic rings. The zero-order valence-corrected chi connectivity index (χ0v) is 26.4. The summed E-state index contributed by atoms with van der Waals surface area (Å²) in [4.78, 5) is 29.5. The van der Waals surface area contributed by atoms with E-state index in [0.717, 1.165) is 57.4 Å². The van der Waals surface area contributed by atoms with Crippen LogP contribution < -0.4 is 9.62 Å². The second kappa shape index (κ2) is 13.9. The van der Waals surface area contributed by atoms with Gasteiger partial charge in [0, 0.05) is 28.5 Å². The number of halogens is 2. The van der Waals surface area contributed by atoms with Gasteiger partial charge in [-0.1, -0.05) is 82.8 Å².